The number of aromatic nitrogens is 2. The summed E-state index contributed by atoms with van der Waals surface area (Å²) in [6, 6.07) is 5.51. The molecule has 28 heavy (non-hydrogen) atoms. The number of rotatable bonds is 4. The van der Waals surface area contributed by atoms with Gasteiger partial charge in [0.05, 0.1) is 5.92 Å². The lowest BCUT2D eigenvalue weighted by Gasteiger charge is -2.31. The zero-order valence-electron chi connectivity index (χ0n) is 15.7. The van der Waals surface area contributed by atoms with Crippen LogP contribution in [-0.2, 0) is 9.59 Å². The Balaban J connectivity index is 1.43. The summed E-state index contributed by atoms with van der Waals surface area (Å²) in [7, 11) is 0. The Morgan fingerprint density at radius 3 is 2.86 bits per heavy atom. The fourth-order valence-electron chi connectivity index (χ4n) is 3.64. The normalized spacial score (nSPS) is 19.9. The van der Waals surface area contributed by atoms with Gasteiger partial charge in [-0.1, -0.05) is 29.0 Å². The van der Waals surface area contributed by atoms with E-state index in [2.05, 4.69) is 20.4 Å². The Labute approximate surface area is 172 Å². The first-order valence-electron chi connectivity index (χ1n) is 9.47. The summed E-state index contributed by atoms with van der Waals surface area (Å²) in [6.07, 6.45) is 3.18. The molecule has 0 aliphatic carbocycles. The van der Waals surface area contributed by atoms with E-state index in [-0.39, 0.29) is 17.7 Å². The number of benzene rings is 1. The molecule has 2 amide bonds. The van der Waals surface area contributed by atoms with Crippen LogP contribution in [0.2, 0.25) is 5.02 Å². The molecule has 0 saturated carbocycles. The minimum absolute atomic E-state index is 0.00507. The average Bonchev–Trinajstić information content (AvgIpc) is 3.34. The van der Waals surface area contributed by atoms with Gasteiger partial charge in [-0.15, -0.1) is 10.2 Å². The first-order valence-corrected chi connectivity index (χ1v) is 10.7. The van der Waals surface area contributed by atoms with Gasteiger partial charge in [-0.05, 0) is 43.9 Å². The number of carbonyl (C=O) groups is 2. The zero-order valence-corrected chi connectivity index (χ0v) is 17.2. The van der Waals surface area contributed by atoms with Crippen molar-refractivity contribution in [2.75, 3.05) is 34.8 Å². The quantitative estimate of drug-likeness (QED) is 0.820. The Morgan fingerprint density at radius 1 is 1.25 bits per heavy atom. The highest BCUT2D eigenvalue weighted by Crippen LogP contribution is 2.32. The molecule has 2 aliphatic heterocycles. The van der Waals surface area contributed by atoms with E-state index in [0.717, 1.165) is 42.2 Å². The fraction of sp³-hybridized carbons (Fsp3) is 0.474. The van der Waals surface area contributed by atoms with E-state index in [1.165, 1.54) is 11.3 Å². The first-order chi connectivity index (χ1) is 13.5. The van der Waals surface area contributed by atoms with Crippen LogP contribution in [-0.4, -0.2) is 41.6 Å². The molecule has 2 saturated heterocycles. The molecule has 7 nitrogen and oxygen atoms in total. The predicted octanol–water partition coefficient (Wildman–Crippen LogP) is 3.48. The van der Waals surface area contributed by atoms with Gasteiger partial charge in [0.15, 0.2) is 0 Å². The monoisotopic (exact) mass is 419 g/mol. The molecule has 2 aromatic rings. The van der Waals surface area contributed by atoms with Crippen LogP contribution in [0.5, 0.6) is 0 Å². The van der Waals surface area contributed by atoms with E-state index < -0.39 is 0 Å². The molecular formula is C19H22ClN5O2S. The highest BCUT2D eigenvalue weighted by molar-refractivity contribution is 7.19. The van der Waals surface area contributed by atoms with Crippen LogP contribution in [0.1, 0.15) is 31.2 Å². The van der Waals surface area contributed by atoms with Crippen LogP contribution in [0.15, 0.2) is 18.2 Å². The third-order valence-electron chi connectivity index (χ3n) is 5.30. The largest absolute Gasteiger partial charge is 0.346 e. The van der Waals surface area contributed by atoms with Crippen molar-refractivity contribution in [1.82, 2.24) is 10.2 Å². The maximum atomic E-state index is 12.8. The van der Waals surface area contributed by atoms with E-state index in [0.29, 0.717) is 29.7 Å². The molecule has 2 aliphatic rings. The van der Waals surface area contributed by atoms with Gasteiger partial charge in [0.2, 0.25) is 22.1 Å². The minimum Gasteiger partial charge on any atom is -0.346 e. The maximum absolute atomic E-state index is 12.8. The van der Waals surface area contributed by atoms with Crippen LogP contribution in [0.4, 0.5) is 16.0 Å². The number of amides is 2. The minimum atomic E-state index is -0.132. The van der Waals surface area contributed by atoms with Crippen LogP contribution < -0.4 is 15.1 Å². The summed E-state index contributed by atoms with van der Waals surface area (Å²) in [6.45, 7) is 4.03. The van der Waals surface area contributed by atoms with Gasteiger partial charge >= 0.3 is 0 Å². The molecule has 148 valence electrons. The smallest absolute Gasteiger partial charge is 0.229 e. The number of carbonyl (C=O) groups excluding carboxylic acids is 2. The van der Waals surface area contributed by atoms with E-state index in [1.54, 1.807) is 4.90 Å². The van der Waals surface area contributed by atoms with Crippen molar-refractivity contribution in [2.24, 2.45) is 5.92 Å². The molecule has 1 aromatic heterocycles. The molecule has 0 radical (unpaired) electrons. The Hall–Kier alpha value is -2.19. The summed E-state index contributed by atoms with van der Waals surface area (Å²) < 4.78 is 0. The Morgan fingerprint density at radius 2 is 2.07 bits per heavy atom. The second-order valence-corrected chi connectivity index (χ2v) is 8.54. The second-order valence-electron chi connectivity index (χ2n) is 7.20. The molecule has 3 heterocycles. The fourth-order valence-corrected chi connectivity index (χ4v) is 4.74. The summed E-state index contributed by atoms with van der Waals surface area (Å²) in [4.78, 5) is 28.5. The molecule has 1 aromatic carbocycles. The highest BCUT2D eigenvalue weighted by atomic mass is 35.5. The lowest BCUT2D eigenvalue weighted by Crippen LogP contribution is -2.40. The number of hydrogen-bond donors (Lipinski definition) is 1. The highest BCUT2D eigenvalue weighted by Gasteiger charge is 2.30. The molecule has 1 atom stereocenters. The summed E-state index contributed by atoms with van der Waals surface area (Å²) in [5, 5.41) is 13.5. The molecule has 4 rings (SSSR count). The van der Waals surface area contributed by atoms with Crippen molar-refractivity contribution in [1.29, 1.82) is 0 Å². The molecule has 0 bridgehead atoms. The Bertz CT molecular complexity index is 902. The standard InChI is InChI=1S/C19H22ClN5O2S/c1-12-14(20)6-2-7-15(12)21-17(27)13-5-3-9-24(11-13)18-22-23-19(28-18)25-10-4-8-16(25)26/h2,6-7,13H,3-5,8-11H2,1H3,(H,21,27). The van der Waals surface area contributed by atoms with Gasteiger partial charge in [-0.2, -0.15) is 0 Å². The van der Waals surface area contributed by atoms with Gasteiger partial charge in [0.1, 0.15) is 0 Å². The van der Waals surface area contributed by atoms with Gasteiger partial charge in [0, 0.05) is 36.8 Å². The Kier molecular flexibility index (Phi) is 5.50. The van der Waals surface area contributed by atoms with Crippen molar-refractivity contribution in [2.45, 2.75) is 32.6 Å². The van der Waals surface area contributed by atoms with Gasteiger partial charge in [0.25, 0.3) is 0 Å². The summed E-state index contributed by atoms with van der Waals surface area (Å²) in [5.41, 5.74) is 1.62. The van der Waals surface area contributed by atoms with Crippen molar-refractivity contribution in [3.8, 4) is 0 Å². The van der Waals surface area contributed by atoms with Crippen LogP contribution in [0, 0.1) is 12.8 Å². The SMILES string of the molecule is Cc1c(Cl)cccc1NC(=O)C1CCCN(c2nnc(N3CCCC3=O)s2)C1. The zero-order chi connectivity index (χ0) is 19.7. The van der Waals surface area contributed by atoms with E-state index >= 15 is 0 Å². The lowest BCUT2D eigenvalue weighted by molar-refractivity contribution is -0.120. The van der Waals surface area contributed by atoms with E-state index in [9.17, 15) is 9.59 Å². The lowest BCUT2D eigenvalue weighted by atomic mass is 9.97. The number of piperidine rings is 1. The molecule has 1 N–H and O–H groups in total. The second kappa shape index (κ2) is 8.05. The third kappa shape index (κ3) is 3.84. The first kappa shape index (κ1) is 19.1. The van der Waals surface area contributed by atoms with E-state index in [4.69, 9.17) is 11.6 Å². The van der Waals surface area contributed by atoms with Gasteiger partial charge in [-0.25, -0.2) is 0 Å². The third-order valence-corrected chi connectivity index (χ3v) is 6.71. The average molecular weight is 420 g/mol. The number of nitrogens with zero attached hydrogens (tertiary/aromatic N) is 4. The predicted molar refractivity (Wildman–Crippen MR) is 111 cm³/mol. The van der Waals surface area contributed by atoms with Crippen LogP contribution >= 0.6 is 22.9 Å². The van der Waals surface area contributed by atoms with Crippen LogP contribution in [0.3, 0.4) is 0 Å². The van der Waals surface area contributed by atoms with Crippen LogP contribution in [0.25, 0.3) is 0 Å². The number of halogens is 1. The molecule has 0 spiro atoms. The molecular weight excluding hydrogens is 398 g/mol. The van der Waals surface area contributed by atoms with Gasteiger partial charge < -0.3 is 10.2 Å². The number of anilines is 3. The van der Waals surface area contributed by atoms with Crippen molar-refractivity contribution < 1.29 is 9.59 Å². The van der Waals surface area contributed by atoms with Crippen molar-refractivity contribution in [3.63, 3.8) is 0 Å². The van der Waals surface area contributed by atoms with Crippen molar-refractivity contribution in [3.05, 3.63) is 28.8 Å². The topological polar surface area (TPSA) is 78.4 Å². The summed E-state index contributed by atoms with van der Waals surface area (Å²) >= 11 is 7.57. The van der Waals surface area contributed by atoms with Crippen molar-refractivity contribution >= 4 is 50.7 Å². The van der Waals surface area contributed by atoms with E-state index in [1.807, 2.05) is 25.1 Å². The maximum Gasteiger partial charge on any atom is 0.229 e. The number of nitrogens with one attached hydrogen (secondary N) is 1. The molecule has 2 fully saturated rings. The molecule has 1 unspecified atom stereocenters. The number of hydrogen-bond acceptors (Lipinski definition) is 6. The van der Waals surface area contributed by atoms with Gasteiger partial charge in [-0.3, -0.25) is 14.5 Å². The summed E-state index contributed by atoms with van der Waals surface area (Å²) in [5.74, 6) is -0.0297. The molecule has 9 heteroatoms.